The second-order valence-corrected chi connectivity index (χ2v) is 9.21. The first-order valence-corrected chi connectivity index (χ1v) is 11.8. The van der Waals surface area contributed by atoms with Crippen LogP contribution in [0.1, 0.15) is 51.4 Å². The Bertz CT molecular complexity index is 740. The third-order valence-electron chi connectivity index (χ3n) is 5.61. The largest absolute Gasteiger partial charge is 0.332 e. The van der Waals surface area contributed by atoms with Crippen LogP contribution in [0.25, 0.3) is 0 Å². The first kappa shape index (κ1) is 23.1. The maximum atomic E-state index is 11.9. The Morgan fingerprint density at radius 3 is 2.26 bits per heavy atom. The van der Waals surface area contributed by atoms with Crippen molar-refractivity contribution in [1.82, 2.24) is 26.4 Å². The molecule has 10 nitrogen and oxygen atoms in total. The molecule has 3 aliphatic heterocycles. The number of hydrazine groups is 1. The van der Waals surface area contributed by atoms with Crippen LogP contribution in [-0.4, -0.2) is 64.2 Å². The fourth-order valence-corrected chi connectivity index (χ4v) is 5.47. The van der Waals surface area contributed by atoms with E-state index in [1.165, 1.54) is 17.1 Å². The average molecular weight is 452 g/mol. The number of rotatable bonds is 11. The molecule has 3 rings (SSSR count). The molecule has 170 valence electrons. The van der Waals surface area contributed by atoms with E-state index >= 15 is 0 Å². The molecule has 2 saturated heterocycles. The van der Waals surface area contributed by atoms with E-state index < -0.39 is 0 Å². The van der Waals surface area contributed by atoms with Crippen molar-refractivity contribution in [1.29, 1.82) is 0 Å². The summed E-state index contributed by atoms with van der Waals surface area (Å²) in [5.41, 5.74) is 4.85. The molecule has 11 heteroatoms. The third-order valence-corrected chi connectivity index (χ3v) is 7.12. The lowest BCUT2D eigenvalue weighted by atomic mass is 10.0. The van der Waals surface area contributed by atoms with Crippen molar-refractivity contribution in [2.75, 3.05) is 12.3 Å². The van der Waals surface area contributed by atoms with Gasteiger partial charge >= 0.3 is 6.03 Å². The van der Waals surface area contributed by atoms with Gasteiger partial charge in [-0.1, -0.05) is 12.8 Å². The molecule has 0 bridgehead atoms. The van der Waals surface area contributed by atoms with Crippen LogP contribution in [0.4, 0.5) is 4.79 Å². The molecule has 6 amide bonds. The number of thioether (sulfide) groups is 1. The Balaban J connectivity index is 1.16. The van der Waals surface area contributed by atoms with Crippen LogP contribution < -0.4 is 21.5 Å². The molecule has 3 atom stereocenters. The fourth-order valence-electron chi connectivity index (χ4n) is 3.92. The van der Waals surface area contributed by atoms with Crippen LogP contribution in [0.5, 0.6) is 0 Å². The summed E-state index contributed by atoms with van der Waals surface area (Å²) in [6.45, 7) is 0.354. The zero-order valence-electron chi connectivity index (χ0n) is 17.4. The number of hydrogen-bond acceptors (Lipinski definition) is 6. The van der Waals surface area contributed by atoms with E-state index in [1.807, 2.05) is 11.8 Å². The number of carbonyl (C=O) groups excluding carboxylic acids is 5. The number of unbranched alkanes of at least 4 members (excludes halogenated alkanes) is 3. The fraction of sp³-hybridized carbons (Fsp3) is 0.650. The van der Waals surface area contributed by atoms with Gasteiger partial charge in [0.15, 0.2) is 0 Å². The monoisotopic (exact) mass is 451 g/mol. The number of imide groups is 1. The number of carbonyl (C=O) groups is 5. The van der Waals surface area contributed by atoms with E-state index in [-0.39, 0.29) is 48.2 Å². The van der Waals surface area contributed by atoms with E-state index in [0.717, 1.165) is 25.0 Å². The van der Waals surface area contributed by atoms with Crippen LogP contribution in [0.3, 0.4) is 0 Å². The van der Waals surface area contributed by atoms with Crippen molar-refractivity contribution >= 4 is 41.4 Å². The zero-order valence-corrected chi connectivity index (χ0v) is 18.2. The van der Waals surface area contributed by atoms with Gasteiger partial charge in [-0.15, -0.1) is 0 Å². The van der Waals surface area contributed by atoms with Gasteiger partial charge in [-0.3, -0.25) is 34.9 Å². The van der Waals surface area contributed by atoms with Crippen molar-refractivity contribution in [3.8, 4) is 0 Å². The van der Waals surface area contributed by atoms with Crippen LogP contribution >= 0.6 is 11.8 Å². The molecule has 0 aromatic rings. The van der Waals surface area contributed by atoms with E-state index in [0.29, 0.717) is 37.5 Å². The average Bonchev–Trinajstić information content (AvgIpc) is 3.39. The minimum atomic E-state index is -0.293. The first-order chi connectivity index (χ1) is 14.9. The summed E-state index contributed by atoms with van der Waals surface area (Å²) in [6.07, 6.45) is 7.62. The molecule has 0 aromatic carbocycles. The van der Waals surface area contributed by atoms with E-state index in [2.05, 4.69) is 21.5 Å². The highest BCUT2D eigenvalue weighted by molar-refractivity contribution is 8.00. The lowest BCUT2D eigenvalue weighted by molar-refractivity contribution is -0.137. The van der Waals surface area contributed by atoms with E-state index in [4.69, 9.17) is 0 Å². The number of fused-ring (bicyclic) bond motifs is 1. The van der Waals surface area contributed by atoms with Gasteiger partial charge in [-0.25, -0.2) is 4.79 Å². The Morgan fingerprint density at radius 1 is 0.935 bits per heavy atom. The number of amides is 6. The van der Waals surface area contributed by atoms with Crippen molar-refractivity contribution in [3.63, 3.8) is 0 Å². The molecule has 0 saturated carbocycles. The van der Waals surface area contributed by atoms with Crippen LogP contribution in [0.15, 0.2) is 12.2 Å². The topological polar surface area (TPSA) is 137 Å². The Morgan fingerprint density at radius 2 is 1.58 bits per heavy atom. The summed E-state index contributed by atoms with van der Waals surface area (Å²) in [6, 6.07) is 0.298. The van der Waals surface area contributed by atoms with Crippen molar-refractivity contribution < 1.29 is 24.0 Å². The van der Waals surface area contributed by atoms with Gasteiger partial charge in [-0.05, 0) is 25.7 Å². The van der Waals surface area contributed by atoms with Crippen LogP contribution in [-0.2, 0) is 19.2 Å². The van der Waals surface area contributed by atoms with Gasteiger partial charge in [-0.2, -0.15) is 11.8 Å². The molecule has 0 spiro atoms. The second-order valence-electron chi connectivity index (χ2n) is 7.94. The lowest BCUT2D eigenvalue weighted by Gasteiger charge is -2.16. The lowest BCUT2D eigenvalue weighted by Crippen LogP contribution is -2.41. The zero-order chi connectivity index (χ0) is 22.2. The summed E-state index contributed by atoms with van der Waals surface area (Å²) < 4.78 is 0. The molecule has 31 heavy (non-hydrogen) atoms. The Labute approximate surface area is 185 Å². The van der Waals surface area contributed by atoms with Crippen LogP contribution in [0, 0.1) is 0 Å². The molecule has 1 unspecified atom stereocenters. The van der Waals surface area contributed by atoms with Gasteiger partial charge < -0.3 is 10.6 Å². The summed E-state index contributed by atoms with van der Waals surface area (Å²) >= 11 is 1.85. The predicted octanol–water partition coefficient (Wildman–Crippen LogP) is 0.345. The number of hydrogen-bond donors (Lipinski definition) is 4. The highest BCUT2D eigenvalue weighted by Crippen LogP contribution is 2.33. The van der Waals surface area contributed by atoms with E-state index in [9.17, 15) is 24.0 Å². The molecule has 4 N–H and O–H groups in total. The Hall–Kier alpha value is -2.56. The molecule has 3 aliphatic rings. The molecule has 0 radical (unpaired) electrons. The van der Waals surface area contributed by atoms with Crippen LogP contribution in [0.2, 0.25) is 0 Å². The minimum absolute atomic E-state index is 0.0930. The van der Waals surface area contributed by atoms with Crippen molar-refractivity contribution in [2.45, 2.75) is 68.7 Å². The first-order valence-electron chi connectivity index (χ1n) is 10.7. The summed E-state index contributed by atoms with van der Waals surface area (Å²) in [7, 11) is 0. The molecular weight excluding hydrogens is 422 g/mol. The van der Waals surface area contributed by atoms with E-state index in [1.54, 1.807) is 0 Å². The smallest absolute Gasteiger partial charge is 0.315 e. The number of nitrogens with one attached hydrogen (secondary N) is 4. The van der Waals surface area contributed by atoms with Crippen molar-refractivity contribution in [3.05, 3.63) is 12.2 Å². The molecule has 0 aliphatic carbocycles. The number of urea groups is 1. The molecular formula is C20H29N5O5S. The number of nitrogens with zero attached hydrogens (tertiary/aromatic N) is 1. The molecule has 3 heterocycles. The SMILES string of the molecule is O=C(CCCCCN1C(=O)C=CC1=O)NNC(=O)CCCCC1SC[C@H]2NC(=O)N[C@@H]12. The summed E-state index contributed by atoms with van der Waals surface area (Å²) in [5, 5.41) is 6.25. The Kier molecular flexibility index (Phi) is 8.33. The van der Waals surface area contributed by atoms with Gasteiger partial charge in [0, 0.05) is 42.5 Å². The maximum absolute atomic E-state index is 11.9. The predicted molar refractivity (Wildman–Crippen MR) is 115 cm³/mol. The standard InChI is InChI=1S/C20H29N5O5S/c26-15(7-2-1-5-11-25-17(28)9-10-18(25)29)23-24-16(27)8-4-3-6-14-19-13(12-31-14)21-20(30)22-19/h9-10,13-14,19H,1-8,11-12H2,(H,23,26)(H,24,27)(H2,21,22,30)/t13-,14?,19-/m1/s1. The van der Waals surface area contributed by atoms with Gasteiger partial charge in [0.25, 0.3) is 11.8 Å². The minimum Gasteiger partial charge on any atom is -0.332 e. The molecule has 2 fully saturated rings. The van der Waals surface area contributed by atoms with Crippen molar-refractivity contribution in [2.24, 2.45) is 0 Å². The summed E-state index contributed by atoms with van der Waals surface area (Å²) in [4.78, 5) is 59.1. The quantitative estimate of drug-likeness (QED) is 0.155. The highest BCUT2D eigenvalue weighted by Gasteiger charge is 2.42. The highest BCUT2D eigenvalue weighted by atomic mass is 32.2. The normalized spacial score (nSPS) is 24.2. The molecule has 0 aromatic heterocycles. The van der Waals surface area contributed by atoms with Gasteiger partial charge in [0.2, 0.25) is 11.8 Å². The summed E-state index contributed by atoms with van der Waals surface area (Å²) in [5.74, 6) is -0.148. The maximum Gasteiger partial charge on any atom is 0.315 e. The van der Waals surface area contributed by atoms with Gasteiger partial charge in [0.05, 0.1) is 12.1 Å². The second kappa shape index (κ2) is 11.2. The van der Waals surface area contributed by atoms with Gasteiger partial charge in [0.1, 0.15) is 0 Å². The third kappa shape index (κ3) is 6.71.